The van der Waals surface area contributed by atoms with Crippen LogP contribution in [-0.2, 0) is 38.1 Å². The zero-order valence-corrected chi connectivity index (χ0v) is 36.5. The second kappa shape index (κ2) is 18.0. The quantitative estimate of drug-likeness (QED) is 0.115. The van der Waals surface area contributed by atoms with Crippen LogP contribution in [0.1, 0.15) is 105 Å². The summed E-state index contributed by atoms with van der Waals surface area (Å²) in [5.41, 5.74) is 2.76. The Hall–Kier alpha value is -5.43. The average molecular weight is 866 g/mol. The number of likely N-dealkylation sites (tertiary alicyclic amines) is 1. The zero-order valence-electron chi connectivity index (χ0n) is 36.5. The first-order chi connectivity index (χ1) is 30.4. The Bertz CT molecular complexity index is 2530. The molecule has 1 unspecified atom stereocenters. The lowest BCUT2D eigenvalue weighted by atomic mass is 9.85. The van der Waals surface area contributed by atoms with E-state index in [-0.39, 0.29) is 36.1 Å². The average Bonchev–Trinajstić information content (AvgIpc) is 3.98. The molecule has 1 aromatic carbocycles. The van der Waals surface area contributed by atoms with Gasteiger partial charge in [-0.3, -0.25) is 33.5 Å². The fraction of sp³-hybridized carbons (Fsp3) is 0.578. The van der Waals surface area contributed by atoms with Crippen LogP contribution >= 0.6 is 0 Å². The Morgan fingerprint density at radius 3 is 2.54 bits per heavy atom. The summed E-state index contributed by atoms with van der Waals surface area (Å²) in [6.45, 7) is 9.81. The summed E-state index contributed by atoms with van der Waals surface area (Å²) < 4.78 is 18.6. The molecule has 0 spiro atoms. The van der Waals surface area contributed by atoms with Gasteiger partial charge in [-0.2, -0.15) is 10.2 Å². The summed E-state index contributed by atoms with van der Waals surface area (Å²) >= 11 is 0. The molecule has 5 aromatic rings. The van der Waals surface area contributed by atoms with Gasteiger partial charge >= 0.3 is 5.69 Å². The lowest BCUT2D eigenvalue weighted by Gasteiger charge is -2.36. The molecule has 4 aliphatic rings. The number of carbonyl (C=O) groups is 3. The van der Waals surface area contributed by atoms with E-state index in [2.05, 4.69) is 25.5 Å². The maximum absolute atomic E-state index is 13.7. The predicted molar refractivity (Wildman–Crippen MR) is 235 cm³/mol. The normalized spacial score (nSPS) is 22.0. The van der Waals surface area contributed by atoms with Crippen LogP contribution in [-0.4, -0.2) is 120 Å². The van der Waals surface area contributed by atoms with Gasteiger partial charge in [-0.1, -0.05) is 12.1 Å². The predicted octanol–water partition coefficient (Wildman–Crippen LogP) is 3.72. The van der Waals surface area contributed by atoms with E-state index in [1.807, 2.05) is 41.3 Å². The van der Waals surface area contributed by atoms with Crippen LogP contribution in [0.5, 0.6) is 0 Å². The number of fused-ring (bicyclic) bond motifs is 2. The highest BCUT2D eigenvalue weighted by atomic mass is 16.5. The minimum Gasteiger partial charge on any atom is -0.384 e. The van der Waals surface area contributed by atoms with Gasteiger partial charge in [0.2, 0.25) is 11.8 Å². The van der Waals surface area contributed by atoms with E-state index in [9.17, 15) is 24.3 Å². The zero-order chi connectivity index (χ0) is 43.8. The molecule has 4 aromatic heterocycles. The third-order valence-electron chi connectivity index (χ3n) is 13.4. The number of aryl methyl sites for hydroxylation is 2. The number of amides is 3. The van der Waals surface area contributed by atoms with Crippen molar-refractivity contribution in [2.75, 3.05) is 62.8 Å². The van der Waals surface area contributed by atoms with E-state index in [1.165, 1.54) is 10.8 Å². The van der Waals surface area contributed by atoms with E-state index in [4.69, 9.17) is 19.6 Å². The Morgan fingerprint density at radius 2 is 1.79 bits per heavy atom. The third kappa shape index (κ3) is 9.03. The number of rotatable bonds is 13. The second-order valence-electron chi connectivity index (χ2n) is 18.2. The number of piperidine rings is 2. The van der Waals surface area contributed by atoms with Crippen LogP contribution in [0.15, 0.2) is 47.7 Å². The summed E-state index contributed by atoms with van der Waals surface area (Å²) in [5.74, 6) is 0.277. The van der Waals surface area contributed by atoms with E-state index in [1.54, 1.807) is 30.0 Å². The molecule has 336 valence electrons. The number of para-hydroxylation sites is 1. The molecule has 63 heavy (non-hydrogen) atoms. The summed E-state index contributed by atoms with van der Waals surface area (Å²) in [4.78, 5) is 60.9. The monoisotopic (exact) mass is 865 g/mol. The third-order valence-corrected chi connectivity index (χ3v) is 13.4. The highest BCUT2D eigenvalue weighted by Gasteiger charge is 2.33. The minimum atomic E-state index is -1.27. The van der Waals surface area contributed by atoms with Crippen molar-refractivity contribution in [1.29, 1.82) is 0 Å². The standard InChI is InChI=1S/C45H59N11O7/c1-45(2,61)40-34(47-42(58)33-26-46-54-20-17-37(48-41(33)54)53-21-24-62-25-22-53)28-55(50-40)31-11-9-29(10-12-31)27-52-18-15-32(16-19-52)63-23-5-7-30-6-4-8-35-39(30)51(3)44(60)56(35)36-13-14-38(57)49-43(36)59/h4,6,8,17,20,26,28-29,31-32,36,61H,5,7,9-16,18-19,21-25,27H2,1-3H3,(H,47,58)(H,49,57,59)/t29-,31-,36?. The number of imidazole rings is 1. The van der Waals surface area contributed by atoms with E-state index in [0.29, 0.717) is 60.3 Å². The Kier molecular flexibility index (Phi) is 12.2. The summed E-state index contributed by atoms with van der Waals surface area (Å²) in [6.07, 6.45) is 13.6. The largest absolute Gasteiger partial charge is 0.384 e. The molecule has 3 aliphatic heterocycles. The van der Waals surface area contributed by atoms with Crippen molar-refractivity contribution >= 4 is 45.9 Å². The lowest BCUT2D eigenvalue weighted by Crippen LogP contribution is -2.44. The first-order valence-corrected chi connectivity index (χ1v) is 22.6. The van der Waals surface area contributed by atoms with Gasteiger partial charge in [0.25, 0.3) is 5.91 Å². The lowest BCUT2D eigenvalue weighted by molar-refractivity contribution is -0.135. The van der Waals surface area contributed by atoms with Gasteiger partial charge in [0, 0.05) is 65.2 Å². The molecule has 3 saturated heterocycles. The number of aliphatic hydroxyl groups is 1. The Morgan fingerprint density at radius 1 is 1.02 bits per heavy atom. The van der Waals surface area contributed by atoms with Gasteiger partial charge < -0.3 is 29.7 Å². The molecule has 1 saturated carbocycles. The Labute approximate surface area is 365 Å². The van der Waals surface area contributed by atoms with Gasteiger partial charge in [-0.15, -0.1) is 0 Å². The second-order valence-corrected chi connectivity index (χ2v) is 18.2. The van der Waals surface area contributed by atoms with Gasteiger partial charge in [0.05, 0.1) is 48.3 Å². The molecular weight excluding hydrogens is 807 g/mol. The van der Waals surface area contributed by atoms with Crippen LogP contribution in [0, 0.1) is 5.92 Å². The number of hydrogen-bond donors (Lipinski definition) is 3. The van der Waals surface area contributed by atoms with E-state index < -0.39 is 17.6 Å². The van der Waals surface area contributed by atoms with Crippen LogP contribution < -0.4 is 21.2 Å². The maximum atomic E-state index is 13.7. The number of imide groups is 1. The number of anilines is 2. The van der Waals surface area contributed by atoms with E-state index >= 15 is 0 Å². The molecule has 9 rings (SSSR count). The number of morpholine rings is 1. The van der Waals surface area contributed by atoms with Gasteiger partial charge in [0.1, 0.15) is 28.7 Å². The number of benzene rings is 1. The van der Waals surface area contributed by atoms with Crippen LogP contribution in [0.2, 0.25) is 0 Å². The number of nitrogens with one attached hydrogen (secondary N) is 2. The molecule has 1 aliphatic carbocycles. The van der Waals surface area contributed by atoms with Crippen molar-refractivity contribution < 1.29 is 29.0 Å². The fourth-order valence-corrected chi connectivity index (χ4v) is 9.98. The fourth-order valence-electron chi connectivity index (χ4n) is 9.98. The molecule has 1 atom stereocenters. The number of nitrogens with zero attached hydrogens (tertiary/aromatic N) is 9. The minimum absolute atomic E-state index is 0.170. The molecule has 18 nitrogen and oxygen atoms in total. The number of hydrogen-bond acceptors (Lipinski definition) is 12. The summed E-state index contributed by atoms with van der Waals surface area (Å²) in [7, 11) is 1.74. The maximum Gasteiger partial charge on any atom is 0.329 e. The molecule has 18 heteroatoms. The smallest absolute Gasteiger partial charge is 0.329 e. The first-order valence-electron chi connectivity index (χ1n) is 22.6. The topological polar surface area (TPSA) is 195 Å². The molecular formula is C45H59N11O7. The number of carbonyl (C=O) groups excluding carboxylic acids is 3. The van der Waals surface area contributed by atoms with Crippen molar-refractivity contribution in [2.45, 2.75) is 102 Å². The molecule has 4 fully saturated rings. The van der Waals surface area contributed by atoms with Gasteiger partial charge in [-0.25, -0.2) is 14.3 Å². The first kappa shape index (κ1) is 42.9. The van der Waals surface area contributed by atoms with Crippen molar-refractivity contribution in [1.82, 2.24) is 43.7 Å². The van der Waals surface area contributed by atoms with Crippen molar-refractivity contribution in [2.24, 2.45) is 13.0 Å². The van der Waals surface area contributed by atoms with Crippen molar-refractivity contribution in [3.8, 4) is 0 Å². The van der Waals surface area contributed by atoms with E-state index in [0.717, 1.165) is 101 Å². The highest BCUT2D eigenvalue weighted by molar-refractivity contribution is 6.08. The molecule has 0 radical (unpaired) electrons. The molecule has 0 bridgehead atoms. The van der Waals surface area contributed by atoms with Gasteiger partial charge in [0.15, 0.2) is 5.65 Å². The molecule has 3 amide bonds. The molecule has 3 N–H and O–H groups in total. The SMILES string of the molecule is Cn1c(=O)n(C2CCC(=O)NC2=O)c2cccc(CCCOC3CCN(C[C@H]4CC[C@H](n5cc(NC(=O)c6cnn7ccc(N8CCOCC8)nc67)c(C(C)(C)O)n5)CC4)CC3)c21. The van der Waals surface area contributed by atoms with Crippen LogP contribution in [0.25, 0.3) is 16.7 Å². The summed E-state index contributed by atoms with van der Waals surface area (Å²) in [6, 6.07) is 7.20. The van der Waals surface area contributed by atoms with Crippen LogP contribution in [0.3, 0.4) is 0 Å². The van der Waals surface area contributed by atoms with Crippen molar-refractivity contribution in [3.63, 3.8) is 0 Å². The summed E-state index contributed by atoms with van der Waals surface area (Å²) in [5, 5.41) is 25.7. The van der Waals surface area contributed by atoms with Crippen molar-refractivity contribution in [3.05, 3.63) is 70.2 Å². The van der Waals surface area contributed by atoms with Gasteiger partial charge in [-0.05, 0) is 95.2 Å². The highest BCUT2D eigenvalue weighted by Crippen LogP contribution is 2.36. The number of ether oxygens (including phenoxy) is 2. The number of aromatic nitrogens is 7. The molecule has 7 heterocycles. The Balaban J connectivity index is 0.739. The van der Waals surface area contributed by atoms with Crippen LogP contribution in [0.4, 0.5) is 11.5 Å².